The summed E-state index contributed by atoms with van der Waals surface area (Å²) in [6.07, 6.45) is 7.22. The number of ether oxygens (including phenoxy) is 1. The van der Waals surface area contributed by atoms with E-state index in [1.165, 1.54) is 0 Å². The van der Waals surface area contributed by atoms with Crippen LogP contribution in [0.5, 0.6) is 0 Å². The number of hydrogen-bond donors (Lipinski definition) is 0. The van der Waals surface area contributed by atoms with Crippen LogP contribution in [0.15, 0.2) is 55.1 Å². The van der Waals surface area contributed by atoms with Gasteiger partial charge in [-0.2, -0.15) is 0 Å². The molecule has 7 heteroatoms. The molecule has 1 aliphatic rings. The topological polar surface area (TPSA) is 60.2 Å². The van der Waals surface area contributed by atoms with Crippen LogP contribution in [0, 0.1) is 0 Å². The molecular weight excluding hydrogens is 388 g/mol. The van der Waals surface area contributed by atoms with Crippen LogP contribution in [-0.4, -0.2) is 51.6 Å². The van der Waals surface area contributed by atoms with Crippen molar-refractivity contribution in [1.29, 1.82) is 0 Å². The molecule has 0 atom stereocenters. The summed E-state index contributed by atoms with van der Waals surface area (Å²) in [5.41, 5.74) is 3.63. The van der Waals surface area contributed by atoms with Crippen LogP contribution >= 0.6 is 11.6 Å². The summed E-state index contributed by atoms with van der Waals surface area (Å²) < 4.78 is 7.33. The van der Waals surface area contributed by atoms with Gasteiger partial charge in [-0.25, -0.2) is 4.98 Å². The number of carbonyl (C=O) groups excluding carboxylic acids is 1. The molecule has 3 aromatic rings. The number of benzene rings is 1. The second kappa shape index (κ2) is 8.76. The molecule has 1 saturated heterocycles. The highest BCUT2D eigenvalue weighted by Gasteiger charge is 2.24. The zero-order chi connectivity index (χ0) is 20.2. The van der Waals surface area contributed by atoms with E-state index in [-0.39, 0.29) is 18.6 Å². The first-order valence-corrected chi connectivity index (χ1v) is 10.1. The Bertz CT molecular complexity index is 964. The van der Waals surface area contributed by atoms with Crippen LogP contribution < -0.4 is 0 Å². The monoisotopic (exact) mass is 410 g/mol. The van der Waals surface area contributed by atoms with E-state index in [1.807, 2.05) is 45.9 Å². The maximum atomic E-state index is 12.9. The Morgan fingerprint density at radius 3 is 2.45 bits per heavy atom. The highest BCUT2D eigenvalue weighted by Crippen LogP contribution is 2.31. The number of halogens is 1. The SMILES string of the molecule is COC1CCN(C(=O)Cn2cnc(-c3ccc(Cl)cc3)c2-c2ccncc2)CC1. The van der Waals surface area contributed by atoms with E-state index in [1.54, 1.807) is 25.8 Å². The molecule has 0 spiro atoms. The number of amides is 1. The Balaban J connectivity index is 1.63. The highest BCUT2D eigenvalue weighted by atomic mass is 35.5. The van der Waals surface area contributed by atoms with Crippen molar-refractivity contribution in [2.24, 2.45) is 0 Å². The van der Waals surface area contributed by atoms with Gasteiger partial charge in [0.25, 0.3) is 0 Å². The summed E-state index contributed by atoms with van der Waals surface area (Å²) in [6, 6.07) is 11.4. The Kier molecular flexibility index (Phi) is 5.92. The Labute approximate surface area is 175 Å². The van der Waals surface area contributed by atoms with Crippen molar-refractivity contribution in [2.45, 2.75) is 25.5 Å². The molecule has 29 heavy (non-hydrogen) atoms. The normalized spacial score (nSPS) is 14.9. The maximum Gasteiger partial charge on any atom is 0.242 e. The summed E-state index contributed by atoms with van der Waals surface area (Å²) in [5.74, 6) is 0.0925. The van der Waals surface area contributed by atoms with Gasteiger partial charge in [-0.05, 0) is 37.1 Å². The quantitative estimate of drug-likeness (QED) is 0.640. The first-order valence-electron chi connectivity index (χ1n) is 9.67. The Morgan fingerprint density at radius 2 is 1.79 bits per heavy atom. The number of rotatable bonds is 5. The van der Waals surface area contributed by atoms with Gasteiger partial charge in [-0.1, -0.05) is 23.7 Å². The third kappa shape index (κ3) is 4.33. The van der Waals surface area contributed by atoms with Gasteiger partial charge in [0, 0.05) is 48.7 Å². The number of imidazole rings is 1. The molecule has 0 aliphatic carbocycles. The largest absolute Gasteiger partial charge is 0.381 e. The van der Waals surface area contributed by atoms with Crippen molar-refractivity contribution >= 4 is 17.5 Å². The number of aromatic nitrogens is 3. The van der Waals surface area contributed by atoms with E-state index < -0.39 is 0 Å². The minimum atomic E-state index is 0.0925. The van der Waals surface area contributed by atoms with E-state index >= 15 is 0 Å². The fourth-order valence-corrected chi connectivity index (χ4v) is 3.85. The fourth-order valence-electron chi connectivity index (χ4n) is 3.72. The number of methoxy groups -OCH3 is 1. The van der Waals surface area contributed by atoms with Crippen LogP contribution in [0.25, 0.3) is 22.5 Å². The van der Waals surface area contributed by atoms with Crippen molar-refractivity contribution in [3.63, 3.8) is 0 Å². The summed E-state index contributed by atoms with van der Waals surface area (Å²) in [6.45, 7) is 1.69. The molecule has 1 aromatic carbocycles. The van der Waals surface area contributed by atoms with Crippen LogP contribution in [0.1, 0.15) is 12.8 Å². The predicted octanol–water partition coefficient (Wildman–Crippen LogP) is 3.90. The zero-order valence-corrected chi connectivity index (χ0v) is 17.0. The molecule has 0 bridgehead atoms. The molecule has 2 aromatic heterocycles. The van der Waals surface area contributed by atoms with Crippen molar-refractivity contribution in [3.05, 3.63) is 60.1 Å². The van der Waals surface area contributed by atoms with Gasteiger partial charge in [-0.15, -0.1) is 0 Å². The molecule has 6 nitrogen and oxygen atoms in total. The second-order valence-corrected chi connectivity index (χ2v) is 7.56. The molecule has 3 heterocycles. The average molecular weight is 411 g/mol. The highest BCUT2D eigenvalue weighted by molar-refractivity contribution is 6.30. The van der Waals surface area contributed by atoms with E-state index in [0.29, 0.717) is 5.02 Å². The minimum absolute atomic E-state index is 0.0925. The van der Waals surface area contributed by atoms with Crippen LogP contribution in [0.4, 0.5) is 0 Å². The smallest absolute Gasteiger partial charge is 0.242 e. The minimum Gasteiger partial charge on any atom is -0.381 e. The van der Waals surface area contributed by atoms with Crippen molar-refractivity contribution in [1.82, 2.24) is 19.4 Å². The number of hydrogen-bond acceptors (Lipinski definition) is 4. The van der Waals surface area contributed by atoms with Crippen molar-refractivity contribution < 1.29 is 9.53 Å². The maximum absolute atomic E-state index is 12.9. The van der Waals surface area contributed by atoms with Crippen LogP contribution in [-0.2, 0) is 16.1 Å². The molecule has 4 rings (SSSR count). The lowest BCUT2D eigenvalue weighted by Gasteiger charge is -2.31. The lowest BCUT2D eigenvalue weighted by atomic mass is 10.1. The van der Waals surface area contributed by atoms with Crippen molar-refractivity contribution in [3.8, 4) is 22.5 Å². The van der Waals surface area contributed by atoms with E-state index in [4.69, 9.17) is 16.3 Å². The molecule has 0 unspecified atom stereocenters. The molecule has 150 valence electrons. The Morgan fingerprint density at radius 1 is 1.10 bits per heavy atom. The lowest BCUT2D eigenvalue weighted by Crippen LogP contribution is -2.42. The molecule has 1 fully saturated rings. The van der Waals surface area contributed by atoms with Gasteiger partial charge in [-0.3, -0.25) is 9.78 Å². The summed E-state index contributed by atoms with van der Waals surface area (Å²) >= 11 is 6.04. The van der Waals surface area contributed by atoms with Gasteiger partial charge >= 0.3 is 0 Å². The fraction of sp³-hybridized carbons (Fsp3) is 0.318. The first-order chi connectivity index (χ1) is 14.2. The zero-order valence-electron chi connectivity index (χ0n) is 16.3. The predicted molar refractivity (Wildman–Crippen MR) is 113 cm³/mol. The summed E-state index contributed by atoms with van der Waals surface area (Å²) in [7, 11) is 1.73. The van der Waals surface area contributed by atoms with Gasteiger partial charge in [0.2, 0.25) is 5.91 Å². The molecule has 0 radical (unpaired) electrons. The number of pyridine rings is 1. The lowest BCUT2D eigenvalue weighted by molar-refractivity contribution is -0.134. The van der Waals surface area contributed by atoms with Gasteiger partial charge in [0.05, 0.1) is 23.8 Å². The molecule has 0 N–H and O–H groups in total. The van der Waals surface area contributed by atoms with Crippen molar-refractivity contribution in [2.75, 3.05) is 20.2 Å². The average Bonchev–Trinajstić information content (AvgIpc) is 3.18. The van der Waals surface area contributed by atoms with Gasteiger partial charge < -0.3 is 14.2 Å². The summed E-state index contributed by atoms with van der Waals surface area (Å²) in [4.78, 5) is 23.6. The number of carbonyl (C=O) groups is 1. The van der Waals surface area contributed by atoms with E-state index in [0.717, 1.165) is 48.4 Å². The van der Waals surface area contributed by atoms with Gasteiger partial charge in [0.1, 0.15) is 6.54 Å². The van der Waals surface area contributed by atoms with Gasteiger partial charge in [0.15, 0.2) is 0 Å². The second-order valence-electron chi connectivity index (χ2n) is 7.13. The number of nitrogens with zero attached hydrogens (tertiary/aromatic N) is 4. The van der Waals surface area contributed by atoms with Crippen LogP contribution in [0.2, 0.25) is 5.02 Å². The molecule has 1 aliphatic heterocycles. The van der Waals surface area contributed by atoms with E-state index in [9.17, 15) is 4.79 Å². The third-order valence-electron chi connectivity index (χ3n) is 5.34. The third-order valence-corrected chi connectivity index (χ3v) is 5.59. The summed E-state index contributed by atoms with van der Waals surface area (Å²) in [5, 5.41) is 0.674. The molecule has 1 amide bonds. The number of piperidine rings is 1. The van der Waals surface area contributed by atoms with E-state index in [2.05, 4.69) is 9.97 Å². The van der Waals surface area contributed by atoms with Crippen LogP contribution in [0.3, 0.4) is 0 Å². The molecule has 0 saturated carbocycles. The number of likely N-dealkylation sites (tertiary alicyclic amines) is 1. The molecular formula is C22H23ClN4O2. The Hall–Kier alpha value is -2.70. The first kappa shape index (κ1) is 19.6. The standard InChI is InChI=1S/C22H23ClN4O2/c1-29-19-8-12-26(13-9-19)20(28)14-27-15-25-21(16-2-4-18(23)5-3-16)22(27)17-6-10-24-11-7-17/h2-7,10-11,15,19H,8-9,12-14H2,1H3.